The van der Waals surface area contributed by atoms with Gasteiger partial charge in [-0.15, -0.1) is 0 Å². The molecule has 2 saturated heterocycles. The van der Waals surface area contributed by atoms with Crippen molar-refractivity contribution in [2.45, 2.75) is 32.4 Å². The smallest absolute Gasteiger partial charge is 0.481 e. The maximum atomic E-state index is 11.2. The van der Waals surface area contributed by atoms with Gasteiger partial charge in [-0.1, -0.05) is 20.8 Å². The Labute approximate surface area is 96.1 Å². The zero-order chi connectivity index (χ0) is 11.9. The lowest BCUT2D eigenvalue weighted by molar-refractivity contribution is -0.147. The topological polar surface area (TPSA) is 65.0 Å². The number of fused-ring (bicyclic) bond motifs is 2. The van der Waals surface area contributed by atoms with E-state index in [0.717, 1.165) is 0 Å². The third-order valence-electron chi connectivity index (χ3n) is 3.32. The van der Waals surface area contributed by atoms with Crippen LogP contribution in [-0.2, 0) is 18.1 Å². The Kier molecular flexibility index (Phi) is 3.09. The van der Waals surface area contributed by atoms with Crippen LogP contribution in [-0.4, -0.2) is 39.2 Å². The summed E-state index contributed by atoms with van der Waals surface area (Å²) < 4.78 is 17.3. The molecule has 2 rings (SSSR count). The Balaban J connectivity index is 2.23. The molecule has 1 N–H and O–H groups in total. The third kappa shape index (κ3) is 1.79. The summed E-state index contributed by atoms with van der Waals surface area (Å²) in [5.41, 5.74) is 0.178. The maximum absolute atomic E-state index is 11.2. The molecule has 4 atom stereocenters. The van der Waals surface area contributed by atoms with E-state index in [1.807, 2.05) is 20.8 Å². The fourth-order valence-electron chi connectivity index (χ4n) is 2.32. The molecule has 0 amide bonds. The minimum atomic E-state index is -2.60. The Morgan fingerprint density at radius 2 is 2.00 bits per heavy atom. The van der Waals surface area contributed by atoms with Crippen LogP contribution in [0.25, 0.3) is 0 Å². The van der Waals surface area contributed by atoms with Crippen LogP contribution in [0.4, 0.5) is 0 Å². The summed E-state index contributed by atoms with van der Waals surface area (Å²) in [5, 5.41) is 9.20. The number of rotatable bonds is 2. The molecule has 0 aromatic heterocycles. The molecule has 4 unspecified atom stereocenters. The fourth-order valence-corrected chi connectivity index (χ4v) is 5.01. The predicted octanol–water partition coefficient (Wildman–Crippen LogP) is 1.12. The molecule has 92 valence electrons. The number of aliphatic carboxylic acids is 1. The van der Waals surface area contributed by atoms with Crippen LogP contribution in [0.1, 0.15) is 20.8 Å². The van der Waals surface area contributed by atoms with E-state index in [9.17, 15) is 9.90 Å². The van der Waals surface area contributed by atoms with E-state index in [0.29, 0.717) is 13.2 Å². The van der Waals surface area contributed by atoms with E-state index in [1.165, 1.54) is 0 Å². The van der Waals surface area contributed by atoms with Gasteiger partial charge in [0.05, 0.1) is 18.6 Å². The van der Waals surface area contributed by atoms with E-state index in [4.69, 9.17) is 13.3 Å². The molecule has 2 bridgehead atoms. The Bertz CT molecular complexity index is 295. The lowest BCUT2D eigenvalue weighted by Crippen LogP contribution is -2.44. The number of carbonyl (C=O) groups is 1. The molecular weight excluding hydrogens is 228 g/mol. The molecule has 2 aliphatic rings. The van der Waals surface area contributed by atoms with Gasteiger partial charge in [-0.2, -0.15) is 0 Å². The highest BCUT2D eigenvalue weighted by atomic mass is 28.4. The zero-order valence-corrected chi connectivity index (χ0v) is 10.8. The lowest BCUT2D eigenvalue weighted by Gasteiger charge is -2.26. The first kappa shape index (κ1) is 12.0. The molecule has 16 heavy (non-hydrogen) atoms. The Hall–Kier alpha value is -0.433. The molecule has 0 aromatic rings. The van der Waals surface area contributed by atoms with Gasteiger partial charge in [0, 0.05) is 12.1 Å². The van der Waals surface area contributed by atoms with Gasteiger partial charge in [0.25, 0.3) is 0 Å². The van der Waals surface area contributed by atoms with E-state index in [2.05, 4.69) is 0 Å². The van der Waals surface area contributed by atoms with Crippen molar-refractivity contribution in [1.29, 1.82) is 0 Å². The van der Waals surface area contributed by atoms with Crippen molar-refractivity contribution in [1.82, 2.24) is 0 Å². The second-order valence-electron chi connectivity index (χ2n) is 4.88. The number of carboxylic acids is 1. The summed E-state index contributed by atoms with van der Waals surface area (Å²) in [7, 11) is -2.60. The number of hydrogen-bond acceptors (Lipinski definition) is 4. The van der Waals surface area contributed by atoms with Crippen LogP contribution in [0.5, 0.6) is 0 Å². The third-order valence-corrected chi connectivity index (χ3v) is 6.50. The molecule has 5 nitrogen and oxygen atoms in total. The van der Waals surface area contributed by atoms with E-state index in [-0.39, 0.29) is 17.6 Å². The van der Waals surface area contributed by atoms with Crippen molar-refractivity contribution in [2.24, 2.45) is 11.8 Å². The quantitative estimate of drug-likeness (QED) is 0.740. The molecule has 2 heterocycles. The fraction of sp³-hybridized carbons (Fsp3) is 0.900. The number of carboxylic acid groups (broad SMARTS) is 1. The van der Waals surface area contributed by atoms with Gasteiger partial charge in [0.15, 0.2) is 0 Å². The first-order valence-electron chi connectivity index (χ1n) is 5.65. The van der Waals surface area contributed by atoms with Crippen molar-refractivity contribution in [3.63, 3.8) is 0 Å². The van der Waals surface area contributed by atoms with Crippen molar-refractivity contribution >= 4 is 14.8 Å². The van der Waals surface area contributed by atoms with Crippen molar-refractivity contribution in [3.8, 4) is 0 Å². The first-order chi connectivity index (χ1) is 7.46. The van der Waals surface area contributed by atoms with Crippen molar-refractivity contribution < 1.29 is 23.2 Å². The SMILES string of the molecule is CC1CO[Si]2(C(C)C)OCC(O2)C1C(=O)O. The molecule has 0 saturated carbocycles. The van der Waals surface area contributed by atoms with Crippen LogP contribution >= 0.6 is 0 Å². The molecule has 6 heteroatoms. The van der Waals surface area contributed by atoms with E-state index >= 15 is 0 Å². The molecule has 0 spiro atoms. The van der Waals surface area contributed by atoms with Crippen molar-refractivity contribution in [2.75, 3.05) is 13.2 Å². The van der Waals surface area contributed by atoms with Crippen LogP contribution in [0.3, 0.4) is 0 Å². The molecule has 0 aliphatic carbocycles. The Morgan fingerprint density at radius 3 is 2.56 bits per heavy atom. The normalized spacial score (nSPS) is 43.4. The first-order valence-corrected chi connectivity index (χ1v) is 7.45. The summed E-state index contributed by atoms with van der Waals surface area (Å²) in [6.45, 7) is 6.66. The molecule has 2 fully saturated rings. The minimum Gasteiger partial charge on any atom is -0.481 e. The average Bonchev–Trinajstić information content (AvgIpc) is 2.52. The van der Waals surface area contributed by atoms with Crippen molar-refractivity contribution in [3.05, 3.63) is 0 Å². The second-order valence-corrected chi connectivity index (χ2v) is 8.05. The van der Waals surface area contributed by atoms with Gasteiger partial charge in [-0.25, -0.2) is 0 Å². The lowest BCUT2D eigenvalue weighted by atomic mass is 9.90. The Morgan fingerprint density at radius 1 is 1.38 bits per heavy atom. The highest BCUT2D eigenvalue weighted by Crippen LogP contribution is 2.39. The summed E-state index contributed by atoms with van der Waals surface area (Å²) in [4.78, 5) is 11.2. The maximum Gasteiger partial charge on any atom is 0.504 e. The molecule has 2 aliphatic heterocycles. The monoisotopic (exact) mass is 246 g/mol. The summed E-state index contributed by atoms with van der Waals surface area (Å²) in [6.07, 6.45) is -0.343. The largest absolute Gasteiger partial charge is 0.504 e. The van der Waals surface area contributed by atoms with Gasteiger partial charge in [-0.05, 0) is 5.92 Å². The van der Waals surface area contributed by atoms with Gasteiger partial charge < -0.3 is 18.4 Å². The second kappa shape index (κ2) is 4.10. The highest BCUT2D eigenvalue weighted by molar-refractivity contribution is 6.62. The van der Waals surface area contributed by atoms with Crippen LogP contribution in [0, 0.1) is 11.8 Å². The van der Waals surface area contributed by atoms with Gasteiger partial charge in [0.2, 0.25) is 0 Å². The van der Waals surface area contributed by atoms with Crippen LogP contribution in [0.15, 0.2) is 0 Å². The van der Waals surface area contributed by atoms with Crippen LogP contribution < -0.4 is 0 Å². The standard InChI is InChI=1S/C10H18O5Si/c1-6(2)16-13-4-7(3)9(10(11)12)8(15-16)5-14-16/h6-9H,4-5H2,1-3H3,(H,11,12). The average molecular weight is 246 g/mol. The molecular formula is C10H18O5Si. The summed E-state index contributed by atoms with van der Waals surface area (Å²) >= 11 is 0. The highest BCUT2D eigenvalue weighted by Gasteiger charge is 2.57. The summed E-state index contributed by atoms with van der Waals surface area (Å²) in [6, 6.07) is 0. The predicted molar refractivity (Wildman–Crippen MR) is 57.9 cm³/mol. The van der Waals surface area contributed by atoms with E-state index in [1.54, 1.807) is 0 Å². The number of hydrogen-bond donors (Lipinski definition) is 1. The van der Waals surface area contributed by atoms with Gasteiger partial charge >= 0.3 is 14.8 Å². The molecule has 0 radical (unpaired) electrons. The van der Waals surface area contributed by atoms with Crippen LogP contribution in [0.2, 0.25) is 5.54 Å². The van der Waals surface area contributed by atoms with E-state index < -0.39 is 20.7 Å². The zero-order valence-electron chi connectivity index (χ0n) is 9.80. The van der Waals surface area contributed by atoms with Gasteiger partial charge in [0.1, 0.15) is 0 Å². The molecule has 0 aromatic carbocycles. The van der Waals surface area contributed by atoms with Gasteiger partial charge in [-0.3, -0.25) is 4.79 Å². The summed E-state index contributed by atoms with van der Waals surface area (Å²) in [5.74, 6) is -1.37. The minimum absolute atomic E-state index is 0.0282.